The first-order chi connectivity index (χ1) is 9.08. The summed E-state index contributed by atoms with van der Waals surface area (Å²) in [6, 6.07) is 6.94. The second kappa shape index (κ2) is 5.81. The molecule has 0 aliphatic rings. The van der Waals surface area contributed by atoms with E-state index in [1.807, 2.05) is 6.07 Å². The van der Waals surface area contributed by atoms with E-state index in [-0.39, 0.29) is 17.3 Å². The maximum absolute atomic E-state index is 9.10. The van der Waals surface area contributed by atoms with Crippen LogP contribution in [-0.4, -0.2) is 16.9 Å². The number of benzene rings is 1. The Hall–Kier alpha value is -1.25. The summed E-state index contributed by atoms with van der Waals surface area (Å²) in [5.74, 6) is 0. The molecule has 0 saturated carbocycles. The Labute approximate surface area is 125 Å². The van der Waals surface area contributed by atoms with Gasteiger partial charge in [0.15, 0.2) is 5.15 Å². The van der Waals surface area contributed by atoms with Gasteiger partial charge in [-0.05, 0) is 18.2 Å². The van der Waals surface area contributed by atoms with Crippen LogP contribution in [0.1, 0.15) is 11.3 Å². The van der Waals surface area contributed by atoms with Crippen molar-refractivity contribution in [3.8, 4) is 11.8 Å². The largest absolute Gasteiger partial charge is 0.378 e. The van der Waals surface area contributed by atoms with Crippen molar-refractivity contribution in [3.05, 3.63) is 44.7 Å². The molecule has 1 aromatic carbocycles. The minimum atomic E-state index is 0.193. The van der Waals surface area contributed by atoms with E-state index in [0.717, 1.165) is 0 Å². The molecule has 0 saturated heterocycles. The highest BCUT2D eigenvalue weighted by Gasteiger charge is 2.18. The van der Waals surface area contributed by atoms with Gasteiger partial charge in [0.05, 0.1) is 17.3 Å². The maximum Gasteiger partial charge on any atom is 0.151 e. The predicted octanol–water partition coefficient (Wildman–Crippen LogP) is 3.85. The van der Waals surface area contributed by atoms with Crippen LogP contribution in [0.15, 0.2) is 18.2 Å². The van der Waals surface area contributed by atoms with Gasteiger partial charge in [0.2, 0.25) is 0 Å². The normalized spacial score (nSPS) is 10.5. The van der Waals surface area contributed by atoms with Crippen LogP contribution in [0.5, 0.6) is 0 Å². The van der Waals surface area contributed by atoms with Crippen molar-refractivity contribution in [3.63, 3.8) is 0 Å². The lowest BCUT2D eigenvalue weighted by atomic mass is 10.3. The van der Waals surface area contributed by atoms with Crippen LogP contribution in [0.3, 0.4) is 0 Å². The summed E-state index contributed by atoms with van der Waals surface area (Å²) in [6.45, 7) is 0.195. The number of aromatic nitrogens is 2. The molecule has 0 amide bonds. The average molecular weight is 317 g/mol. The van der Waals surface area contributed by atoms with Crippen LogP contribution >= 0.6 is 34.8 Å². The number of nitriles is 1. The van der Waals surface area contributed by atoms with Gasteiger partial charge in [0.1, 0.15) is 17.3 Å². The lowest BCUT2D eigenvalue weighted by Crippen LogP contribution is -1.99. The van der Waals surface area contributed by atoms with Crippen molar-refractivity contribution >= 4 is 34.8 Å². The van der Waals surface area contributed by atoms with Gasteiger partial charge in [0, 0.05) is 12.1 Å². The molecule has 0 fully saturated rings. The number of halogens is 3. The van der Waals surface area contributed by atoms with E-state index >= 15 is 0 Å². The molecule has 0 aliphatic carbocycles. The maximum atomic E-state index is 9.10. The third kappa shape index (κ3) is 2.70. The molecule has 1 heterocycles. The molecule has 0 N–H and O–H groups in total. The SMILES string of the molecule is COCc1nn(-c2ccc(Cl)cc2Cl)c(Cl)c1C#N. The number of methoxy groups -OCH3 is 1. The third-order valence-electron chi connectivity index (χ3n) is 2.43. The van der Waals surface area contributed by atoms with Crippen LogP contribution in [0.2, 0.25) is 15.2 Å². The van der Waals surface area contributed by atoms with Gasteiger partial charge in [-0.3, -0.25) is 0 Å². The fourth-order valence-corrected chi connectivity index (χ4v) is 2.37. The van der Waals surface area contributed by atoms with E-state index in [9.17, 15) is 0 Å². The zero-order valence-corrected chi connectivity index (χ0v) is 12.1. The van der Waals surface area contributed by atoms with Crippen molar-refractivity contribution in [2.75, 3.05) is 7.11 Å². The van der Waals surface area contributed by atoms with E-state index in [1.54, 1.807) is 18.2 Å². The minimum Gasteiger partial charge on any atom is -0.378 e. The first kappa shape index (κ1) is 14.2. The molecular weight excluding hydrogens is 309 g/mol. The predicted molar refractivity (Wildman–Crippen MR) is 74.0 cm³/mol. The Morgan fingerprint density at radius 1 is 1.37 bits per heavy atom. The van der Waals surface area contributed by atoms with Gasteiger partial charge >= 0.3 is 0 Å². The summed E-state index contributed by atoms with van der Waals surface area (Å²) in [5, 5.41) is 14.4. The highest BCUT2D eigenvalue weighted by molar-refractivity contribution is 6.36. The number of ether oxygens (including phenoxy) is 1. The second-order valence-corrected chi connectivity index (χ2v) is 4.87. The van der Waals surface area contributed by atoms with Crippen LogP contribution in [-0.2, 0) is 11.3 Å². The lowest BCUT2D eigenvalue weighted by Gasteiger charge is -2.05. The van der Waals surface area contributed by atoms with E-state index in [0.29, 0.717) is 21.4 Å². The van der Waals surface area contributed by atoms with Gasteiger partial charge in [-0.25, -0.2) is 4.68 Å². The van der Waals surface area contributed by atoms with Crippen LogP contribution in [0.4, 0.5) is 0 Å². The van der Waals surface area contributed by atoms with Crippen molar-refractivity contribution in [2.24, 2.45) is 0 Å². The molecule has 0 radical (unpaired) electrons. The van der Waals surface area contributed by atoms with E-state index in [1.165, 1.54) is 11.8 Å². The summed E-state index contributed by atoms with van der Waals surface area (Å²) in [4.78, 5) is 0. The summed E-state index contributed by atoms with van der Waals surface area (Å²) in [7, 11) is 1.52. The molecule has 0 atom stereocenters. The highest BCUT2D eigenvalue weighted by Crippen LogP contribution is 2.29. The van der Waals surface area contributed by atoms with Gasteiger partial charge in [-0.15, -0.1) is 0 Å². The van der Waals surface area contributed by atoms with Gasteiger partial charge < -0.3 is 4.74 Å². The van der Waals surface area contributed by atoms with Gasteiger partial charge in [0.25, 0.3) is 0 Å². The molecule has 2 aromatic rings. The van der Waals surface area contributed by atoms with Crippen LogP contribution in [0.25, 0.3) is 5.69 Å². The summed E-state index contributed by atoms with van der Waals surface area (Å²) in [5.41, 5.74) is 1.28. The molecule has 0 aliphatic heterocycles. The number of hydrogen-bond acceptors (Lipinski definition) is 3. The fraction of sp³-hybridized carbons (Fsp3) is 0.167. The van der Waals surface area contributed by atoms with E-state index in [4.69, 9.17) is 44.8 Å². The number of hydrogen-bond donors (Lipinski definition) is 0. The standard InChI is InChI=1S/C12H8Cl3N3O/c1-19-6-10-8(5-16)12(15)18(17-10)11-3-2-7(13)4-9(11)14/h2-4H,6H2,1H3. The number of rotatable bonds is 3. The Morgan fingerprint density at radius 2 is 2.11 bits per heavy atom. The highest BCUT2D eigenvalue weighted by atomic mass is 35.5. The topological polar surface area (TPSA) is 50.8 Å². The molecule has 2 rings (SSSR count). The van der Waals surface area contributed by atoms with Crippen molar-refractivity contribution in [2.45, 2.75) is 6.61 Å². The quantitative estimate of drug-likeness (QED) is 0.864. The molecule has 0 spiro atoms. The Kier molecular flexibility index (Phi) is 4.33. The van der Waals surface area contributed by atoms with Crippen molar-refractivity contribution in [1.82, 2.24) is 9.78 Å². The molecule has 98 valence electrons. The van der Waals surface area contributed by atoms with Gasteiger partial charge in [-0.2, -0.15) is 10.4 Å². The van der Waals surface area contributed by atoms with E-state index < -0.39 is 0 Å². The molecule has 19 heavy (non-hydrogen) atoms. The molecule has 1 aromatic heterocycles. The first-order valence-corrected chi connectivity index (χ1v) is 6.33. The van der Waals surface area contributed by atoms with Crippen molar-refractivity contribution < 1.29 is 4.74 Å². The fourth-order valence-electron chi connectivity index (χ4n) is 1.60. The first-order valence-electron chi connectivity index (χ1n) is 5.20. The Morgan fingerprint density at radius 3 is 2.68 bits per heavy atom. The van der Waals surface area contributed by atoms with Gasteiger partial charge in [-0.1, -0.05) is 34.8 Å². The Balaban J connectivity index is 2.60. The van der Waals surface area contributed by atoms with Crippen molar-refractivity contribution in [1.29, 1.82) is 5.26 Å². The molecule has 0 unspecified atom stereocenters. The number of nitrogens with zero attached hydrogens (tertiary/aromatic N) is 3. The smallest absolute Gasteiger partial charge is 0.151 e. The van der Waals surface area contributed by atoms with E-state index in [2.05, 4.69) is 5.10 Å². The zero-order chi connectivity index (χ0) is 14.0. The molecule has 7 heteroatoms. The monoisotopic (exact) mass is 315 g/mol. The second-order valence-electron chi connectivity index (χ2n) is 3.66. The summed E-state index contributed by atoms with van der Waals surface area (Å²) < 4.78 is 6.38. The minimum absolute atomic E-state index is 0.193. The Bertz CT molecular complexity index is 661. The molecule has 0 bridgehead atoms. The van der Waals surface area contributed by atoms with Crippen LogP contribution < -0.4 is 0 Å². The average Bonchev–Trinajstić information content (AvgIpc) is 2.66. The lowest BCUT2D eigenvalue weighted by molar-refractivity contribution is 0.181. The third-order valence-corrected chi connectivity index (χ3v) is 3.32. The summed E-state index contributed by atoms with van der Waals surface area (Å²) in [6.07, 6.45) is 0. The molecule has 4 nitrogen and oxygen atoms in total. The summed E-state index contributed by atoms with van der Waals surface area (Å²) >= 11 is 18.1. The van der Waals surface area contributed by atoms with Crippen LogP contribution in [0, 0.1) is 11.3 Å². The zero-order valence-electron chi connectivity index (χ0n) is 9.82. The molecular formula is C12H8Cl3N3O.